The Labute approximate surface area is 100 Å². The van der Waals surface area contributed by atoms with Crippen molar-refractivity contribution in [1.82, 2.24) is 0 Å². The van der Waals surface area contributed by atoms with E-state index < -0.39 is 0 Å². The van der Waals surface area contributed by atoms with Crippen molar-refractivity contribution < 1.29 is 19.0 Å². The van der Waals surface area contributed by atoms with E-state index in [4.69, 9.17) is 14.2 Å². The molecule has 1 aromatic rings. The summed E-state index contributed by atoms with van der Waals surface area (Å²) in [4.78, 5) is 10.3. The number of carbonyl (C=O) groups is 1. The van der Waals surface area contributed by atoms with Gasteiger partial charge in [-0.15, -0.1) is 0 Å². The van der Waals surface area contributed by atoms with E-state index in [1.807, 2.05) is 24.3 Å². The van der Waals surface area contributed by atoms with E-state index in [9.17, 15) is 4.79 Å². The Balaban J connectivity index is 1.62. The summed E-state index contributed by atoms with van der Waals surface area (Å²) in [6, 6.07) is 7.76. The number of carbonyl (C=O) groups excluding carboxylic acids is 1. The number of ether oxygens (including phenoxy) is 3. The maximum Gasteiger partial charge on any atom is 0.151 e. The van der Waals surface area contributed by atoms with Gasteiger partial charge in [-0.1, -0.05) is 12.1 Å². The fourth-order valence-corrected chi connectivity index (χ4v) is 1.62. The second-order valence-electron chi connectivity index (χ2n) is 3.96. The minimum absolute atomic E-state index is 0.0726. The molecule has 1 aliphatic heterocycles. The zero-order valence-corrected chi connectivity index (χ0v) is 9.80. The smallest absolute Gasteiger partial charge is 0.151 e. The summed E-state index contributed by atoms with van der Waals surface area (Å²) >= 11 is 0. The monoisotopic (exact) mass is 236 g/mol. The lowest BCUT2D eigenvalue weighted by Gasteiger charge is -2.04. The lowest BCUT2D eigenvalue weighted by molar-refractivity contribution is -0.108. The van der Waals surface area contributed by atoms with Gasteiger partial charge < -0.3 is 19.0 Å². The summed E-state index contributed by atoms with van der Waals surface area (Å²) in [6.45, 7) is 1.18. The van der Waals surface area contributed by atoms with Gasteiger partial charge in [0.25, 0.3) is 0 Å². The van der Waals surface area contributed by atoms with Crippen molar-refractivity contribution in [2.75, 3.05) is 13.7 Å². The molecule has 2 rings (SSSR count). The highest BCUT2D eigenvalue weighted by Gasteiger charge is 2.37. The van der Waals surface area contributed by atoms with Gasteiger partial charge >= 0.3 is 0 Å². The van der Waals surface area contributed by atoms with Crippen LogP contribution in [0.4, 0.5) is 0 Å². The number of hydrogen-bond acceptors (Lipinski definition) is 4. The standard InChI is InChI=1S/C13H16O4/c1-15-11-4-2-10(3-5-11)9-16-7-6-12-13(8-14)17-12/h2-5,8,12-13H,6-7,9H2,1H3/t12-,13+/m0/s1. The molecule has 92 valence electrons. The van der Waals surface area contributed by atoms with Crippen LogP contribution in [0.3, 0.4) is 0 Å². The van der Waals surface area contributed by atoms with Gasteiger partial charge in [-0.3, -0.25) is 0 Å². The molecule has 0 amide bonds. The van der Waals surface area contributed by atoms with Crippen molar-refractivity contribution in [3.63, 3.8) is 0 Å². The molecule has 1 saturated heterocycles. The highest BCUT2D eigenvalue weighted by Crippen LogP contribution is 2.23. The number of methoxy groups -OCH3 is 1. The van der Waals surface area contributed by atoms with Crippen molar-refractivity contribution in [2.24, 2.45) is 0 Å². The molecular weight excluding hydrogens is 220 g/mol. The van der Waals surface area contributed by atoms with Crippen molar-refractivity contribution in [2.45, 2.75) is 25.2 Å². The van der Waals surface area contributed by atoms with E-state index in [2.05, 4.69) is 0 Å². The highest BCUT2D eigenvalue weighted by atomic mass is 16.6. The van der Waals surface area contributed by atoms with Crippen molar-refractivity contribution in [3.05, 3.63) is 29.8 Å². The molecule has 0 N–H and O–H groups in total. The largest absolute Gasteiger partial charge is 0.497 e. The predicted octanol–water partition coefficient (Wildman–Crippen LogP) is 1.57. The second-order valence-corrected chi connectivity index (χ2v) is 3.96. The molecule has 4 heteroatoms. The van der Waals surface area contributed by atoms with Gasteiger partial charge in [-0.25, -0.2) is 0 Å². The van der Waals surface area contributed by atoms with Crippen molar-refractivity contribution in [3.8, 4) is 5.75 Å². The maximum absolute atomic E-state index is 10.3. The van der Waals surface area contributed by atoms with Crippen LogP contribution in [-0.2, 0) is 20.9 Å². The van der Waals surface area contributed by atoms with E-state index in [-0.39, 0.29) is 12.2 Å². The Hall–Kier alpha value is -1.39. The van der Waals surface area contributed by atoms with Gasteiger partial charge in [0.1, 0.15) is 11.9 Å². The Kier molecular flexibility index (Phi) is 4.12. The topological polar surface area (TPSA) is 48.1 Å². The minimum Gasteiger partial charge on any atom is -0.497 e. The second kappa shape index (κ2) is 5.80. The summed E-state index contributed by atoms with van der Waals surface area (Å²) in [5.41, 5.74) is 1.11. The zero-order valence-electron chi connectivity index (χ0n) is 9.80. The highest BCUT2D eigenvalue weighted by molar-refractivity contribution is 5.60. The van der Waals surface area contributed by atoms with E-state index >= 15 is 0 Å². The molecule has 17 heavy (non-hydrogen) atoms. The average molecular weight is 236 g/mol. The predicted molar refractivity (Wildman–Crippen MR) is 62.0 cm³/mol. The fraction of sp³-hybridized carbons (Fsp3) is 0.462. The van der Waals surface area contributed by atoms with Crippen LogP contribution < -0.4 is 4.74 Å². The molecule has 0 saturated carbocycles. The fourth-order valence-electron chi connectivity index (χ4n) is 1.62. The molecule has 1 aliphatic rings. The van der Waals surface area contributed by atoms with Crippen molar-refractivity contribution in [1.29, 1.82) is 0 Å². The third-order valence-corrected chi connectivity index (χ3v) is 2.73. The van der Waals surface area contributed by atoms with Crippen LogP contribution in [0.1, 0.15) is 12.0 Å². The first-order valence-electron chi connectivity index (χ1n) is 5.65. The van der Waals surface area contributed by atoms with Crippen LogP contribution in [0.2, 0.25) is 0 Å². The Morgan fingerprint density at radius 1 is 1.35 bits per heavy atom. The van der Waals surface area contributed by atoms with E-state index in [0.29, 0.717) is 13.2 Å². The van der Waals surface area contributed by atoms with Gasteiger partial charge in [0.2, 0.25) is 0 Å². The van der Waals surface area contributed by atoms with Crippen LogP contribution in [0, 0.1) is 0 Å². The lowest BCUT2D eigenvalue weighted by Crippen LogP contribution is -2.02. The molecular formula is C13H16O4. The van der Waals surface area contributed by atoms with Gasteiger partial charge in [0.15, 0.2) is 6.29 Å². The minimum atomic E-state index is -0.195. The van der Waals surface area contributed by atoms with E-state index in [1.54, 1.807) is 7.11 Å². The van der Waals surface area contributed by atoms with E-state index in [0.717, 1.165) is 24.0 Å². The van der Waals surface area contributed by atoms with Crippen molar-refractivity contribution >= 4 is 6.29 Å². The summed E-state index contributed by atoms with van der Waals surface area (Å²) in [5.74, 6) is 0.842. The van der Waals surface area contributed by atoms with Crippen LogP contribution in [-0.4, -0.2) is 32.2 Å². The van der Waals surface area contributed by atoms with Crippen LogP contribution in [0.25, 0.3) is 0 Å². The first-order valence-corrected chi connectivity index (χ1v) is 5.65. The third-order valence-electron chi connectivity index (χ3n) is 2.73. The molecule has 0 aliphatic carbocycles. The van der Waals surface area contributed by atoms with Gasteiger partial charge in [-0.2, -0.15) is 0 Å². The summed E-state index contributed by atoms with van der Waals surface area (Å²) in [7, 11) is 1.64. The Morgan fingerprint density at radius 2 is 2.12 bits per heavy atom. The first kappa shape index (κ1) is 12.1. The molecule has 2 atom stereocenters. The average Bonchev–Trinajstić information content (AvgIpc) is 3.14. The molecule has 1 fully saturated rings. The Morgan fingerprint density at radius 3 is 2.71 bits per heavy atom. The van der Waals surface area contributed by atoms with Crippen LogP contribution in [0.5, 0.6) is 5.75 Å². The molecule has 0 unspecified atom stereocenters. The Bertz CT molecular complexity index is 360. The summed E-state index contributed by atoms with van der Waals surface area (Å²) in [6.07, 6.45) is 1.50. The molecule has 4 nitrogen and oxygen atoms in total. The van der Waals surface area contributed by atoms with Crippen LogP contribution in [0.15, 0.2) is 24.3 Å². The lowest BCUT2D eigenvalue weighted by atomic mass is 10.2. The van der Waals surface area contributed by atoms with Gasteiger partial charge in [0.05, 0.1) is 19.8 Å². The number of benzene rings is 1. The molecule has 1 aromatic carbocycles. The molecule has 0 aromatic heterocycles. The number of hydrogen-bond donors (Lipinski definition) is 0. The number of rotatable bonds is 7. The summed E-state index contributed by atoms with van der Waals surface area (Å²) < 4.78 is 15.7. The first-order chi connectivity index (χ1) is 8.33. The molecule has 0 spiro atoms. The molecule has 0 radical (unpaired) electrons. The quantitative estimate of drug-likeness (QED) is 0.409. The maximum atomic E-state index is 10.3. The van der Waals surface area contributed by atoms with Gasteiger partial charge in [0, 0.05) is 6.61 Å². The van der Waals surface area contributed by atoms with Crippen LogP contribution >= 0.6 is 0 Å². The molecule has 0 bridgehead atoms. The van der Waals surface area contributed by atoms with E-state index in [1.165, 1.54) is 0 Å². The normalized spacial score (nSPS) is 22.2. The summed E-state index contributed by atoms with van der Waals surface area (Å²) in [5, 5.41) is 0. The SMILES string of the molecule is COc1ccc(COCC[C@@H]2O[C@@H]2C=O)cc1. The number of epoxide rings is 1. The number of aldehydes is 1. The van der Waals surface area contributed by atoms with Gasteiger partial charge in [-0.05, 0) is 24.1 Å². The zero-order chi connectivity index (χ0) is 12.1. The molecule has 1 heterocycles. The third kappa shape index (κ3) is 3.54.